The van der Waals surface area contributed by atoms with Gasteiger partial charge in [-0.15, -0.1) is 0 Å². The second-order valence-electron chi connectivity index (χ2n) is 5.09. The summed E-state index contributed by atoms with van der Waals surface area (Å²) in [5.74, 6) is 0.303. The van der Waals surface area contributed by atoms with Gasteiger partial charge in [-0.1, -0.05) is 0 Å². The molecule has 0 atom stereocenters. The topological polar surface area (TPSA) is 84.7 Å². The Morgan fingerprint density at radius 3 is 2.76 bits per heavy atom. The molecule has 0 spiro atoms. The lowest BCUT2D eigenvalue weighted by Crippen LogP contribution is -2.44. The van der Waals surface area contributed by atoms with Crippen LogP contribution in [0.3, 0.4) is 0 Å². The first kappa shape index (κ1) is 13.4. The van der Waals surface area contributed by atoms with E-state index in [0.29, 0.717) is 19.0 Å². The fraction of sp³-hybridized carbons (Fsp3) is 0.357. The molecule has 21 heavy (non-hydrogen) atoms. The summed E-state index contributed by atoms with van der Waals surface area (Å²) in [5, 5.41) is 13.8. The zero-order chi connectivity index (χ0) is 14.8. The minimum absolute atomic E-state index is 0.0322. The van der Waals surface area contributed by atoms with Crippen LogP contribution in [-0.4, -0.2) is 29.1 Å². The molecule has 1 aromatic carbocycles. The van der Waals surface area contributed by atoms with Gasteiger partial charge in [0.05, 0.1) is 11.6 Å². The van der Waals surface area contributed by atoms with E-state index in [-0.39, 0.29) is 5.69 Å². The standard InChI is InChI=1S/C14H15N3O4/c18-14(16-8-10-2-1-3-13(10)15-9-16)21-12-6-4-11(5-7-12)17(19)20/h4-7,15H,1-3,8-9H2. The zero-order valence-corrected chi connectivity index (χ0v) is 11.4. The molecule has 3 rings (SSSR count). The van der Waals surface area contributed by atoms with Crippen LogP contribution in [-0.2, 0) is 0 Å². The quantitative estimate of drug-likeness (QED) is 0.667. The molecule has 0 saturated carbocycles. The molecule has 7 nitrogen and oxygen atoms in total. The summed E-state index contributed by atoms with van der Waals surface area (Å²) in [6.45, 7) is 1.03. The van der Waals surface area contributed by atoms with E-state index in [1.54, 1.807) is 4.90 Å². The van der Waals surface area contributed by atoms with Crippen molar-refractivity contribution in [2.45, 2.75) is 19.3 Å². The molecule has 0 unspecified atom stereocenters. The van der Waals surface area contributed by atoms with Crippen molar-refractivity contribution >= 4 is 11.8 Å². The summed E-state index contributed by atoms with van der Waals surface area (Å²) >= 11 is 0. The Morgan fingerprint density at radius 1 is 1.29 bits per heavy atom. The van der Waals surface area contributed by atoms with E-state index in [4.69, 9.17) is 4.74 Å². The third-order valence-electron chi connectivity index (χ3n) is 3.71. The van der Waals surface area contributed by atoms with Crippen LogP contribution >= 0.6 is 0 Å². The number of nitrogens with zero attached hydrogens (tertiary/aromatic N) is 2. The number of benzene rings is 1. The average molecular weight is 289 g/mol. The highest BCUT2D eigenvalue weighted by Gasteiger charge is 2.26. The van der Waals surface area contributed by atoms with Gasteiger partial charge in [0.15, 0.2) is 0 Å². The number of allylic oxidation sites excluding steroid dienone is 1. The largest absolute Gasteiger partial charge is 0.416 e. The van der Waals surface area contributed by atoms with Crippen molar-refractivity contribution in [3.63, 3.8) is 0 Å². The molecule has 0 fully saturated rings. The third kappa shape index (κ3) is 2.81. The smallest absolute Gasteiger partial charge is 0.410 e. The molecular formula is C14H15N3O4. The lowest BCUT2D eigenvalue weighted by molar-refractivity contribution is -0.384. The van der Waals surface area contributed by atoms with Crippen LogP contribution in [0.4, 0.5) is 10.5 Å². The second kappa shape index (κ2) is 5.43. The zero-order valence-electron chi connectivity index (χ0n) is 11.4. The first-order valence-corrected chi connectivity index (χ1v) is 6.79. The van der Waals surface area contributed by atoms with Crippen molar-refractivity contribution in [3.8, 4) is 5.75 Å². The monoisotopic (exact) mass is 289 g/mol. The number of carbonyl (C=O) groups is 1. The fourth-order valence-corrected chi connectivity index (χ4v) is 2.60. The van der Waals surface area contributed by atoms with Gasteiger partial charge in [-0.05, 0) is 37.0 Å². The number of hydrogen-bond donors (Lipinski definition) is 1. The van der Waals surface area contributed by atoms with Crippen molar-refractivity contribution in [1.82, 2.24) is 10.2 Å². The van der Waals surface area contributed by atoms with Crippen molar-refractivity contribution < 1.29 is 14.5 Å². The molecule has 0 radical (unpaired) electrons. The van der Waals surface area contributed by atoms with Gasteiger partial charge in [-0.25, -0.2) is 4.79 Å². The highest BCUT2D eigenvalue weighted by molar-refractivity contribution is 5.71. The van der Waals surface area contributed by atoms with E-state index in [9.17, 15) is 14.9 Å². The molecule has 110 valence electrons. The number of rotatable bonds is 2. The van der Waals surface area contributed by atoms with Gasteiger partial charge in [0.2, 0.25) is 0 Å². The van der Waals surface area contributed by atoms with Crippen LogP contribution < -0.4 is 10.1 Å². The van der Waals surface area contributed by atoms with Crippen molar-refractivity contribution in [1.29, 1.82) is 0 Å². The van der Waals surface area contributed by atoms with E-state index in [1.807, 2.05) is 0 Å². The number of nitro groups is 1. The summed E-state index contributed by atoms with van der Waals surface area (Å²) in [6, 6.07) is 5.48. The van der Waals surface area contributed by atoms with Crippen LogP contribution in [0.2, 0.25) is 0 Å². The summed E-state index contributed by atoms with van der Waals surface area (Å²) in [7, 11) is 0. The molecular weight excluding hydrogens is 274 g/mol. The van der Waals surface area contributed by atoms with E-state index in [2.05, 4.69) is 5.32 Å². The summed E-state index contributed by atoms with van der Waals surface area (Å²) in [4.78, 5) is 23.7. The number of hydrogen-bond acceptors (Lipinski definition) is 5. The lowest BCUT2D eigenvalue weighted by atomic mass is 10.2. The molecule has 1 N–H and O–H groups in total. The van der Waals surface area contributed by atoms with E-state index >= 15 is 0 Å². The maximum Gasteiger partial charge on any atom is 0.416 e. The second-order valence-corrected chi connectivity index (χ2v) is 5.09. The van der Waals surface area contributed by atoms with Crippen molar-refractivity contribution in [2.75, 3.05) is 13.2 Å². The number of carbonyl (C=O) groups excluding carboxylic acids is 1. The van der Waals surface area contributed by atoms with Crippen molar-refractivity contribution in [2.24, 2.45) is 0 Å². The third-order valence-corrected chi connectivity index (χ3v) is 3.71. The summed E-state index contributed by atoms with van der Waals surface area (Å²) in [5.41, 5.74) is 2.49. The van der Waals surface area contributed by atoms with Crippen molar-refractivity contribution in [3.05, 3.63) is 45.6 Å². The fourth-order valence-electron chi connectivity index (χ4n) is 2.60. The van der Waals surface area contributed by atoms with Crippen LogP contribution in [0.1, 0.15) is 19.3 Å². The van der Waals surface area contributed by atoms with Gasteiger partial charge >= 0.3 is 6.09 Å². The van der Waals surface area contributed by atoms with Gasteiger partial charge in [-0.2, -0.15) is 0 Å². The molecule has 0 bridgehead atoms. The highest BCUT2D eigenvalue weighted by Crippen LogP contribution is 2.27. The SMILES string of the molecule is O=C(Oc1ccc([N+](=O)[O-])cc1)N1CNC2=C(CCC2)C1. The van der Waals surface area contributed by atoms with Gasteiger partial charge < -0.3 is 10.1 Å². The van der Waals surface area contributed by atoms with E-state index < -0.39 is 11.0 Å². The Morgan fingerprint density at radius 2 is 2.05 bits per heavy atom. The molecule has 1 aliphatic carbocycles. The lowest BCUT2D eigenvalue weighted by Gasteiger charge is -2.28. The highest BCUT2D eigenvalue weighted by atomic mass is 16.6. The van der Waals surface area contributed by atoms with Gasteiger partial charge in [0.1, 0.15) is 5.75 Å². The number of amides is 1. The maximum absolute atomic E-state index is 12.1. The predicted octanol–water partition coefficient (Wildman–Crippen LogP) is 2.39. The minimum Gasteiger partial charge on any atom is -0.410 e. The van der Waals surface area contributed by atoms with Gasteiger partial charge in [0.25, 0.3) is 5.69 Å². The van der Waals surface area contributed by atoms with Crippen LogP contribution in [0.15, 0.2) is 35.5 Å². The Bertz CT molecular complexity index is 609. The molecule has 0 saturated heterocycles. The van der Waals surface area contributed by atoms with Gasteiger partial charge in [-0.3, -0.25) is 15.0 Å². The number of nitrogens with one attached hydrogen (secondary N) is 1. The Hall–Kier alpha value is -2.57. The van der Waals surface area contributed by atoms with Gasteiger partial charge in [0, 0.05) is 24.4 Å². The molecule has 7 heteroatoms. The molecule has 1 heterocycles. The maximum atomic E-state index is 12.1. The number of ether oxygens (including phenoxy) is 1. The minimum atomic E-state index is -0.492. The van der Waals surface area contributed by atoms with Crippen LogP contribution in [0.5, 0.6) is 5.75 Å². The van der Waals surface area contributed by atoms with Crippen LogP contribution in [0.25, 0.3) is 0 Å². The molecule has 1 aromatic rings. The predicted molar refractivity (Wildman–Crippen MR) is 74.7 cm³/mol. The first-order chi connectivity index (χ1) is 10.1. The summed E-state index contributed by atoms with van der Waals surface area (Å²) < 4.78 is 5.24. The number of non-ortho nitro benzene ring substituents is 1. The first-order valence-electron chi connectivity index (χ1n) is 6.79. The van der Waals surface area contributed by atoms with E-state index in [1.165, 1.54) is 35.5 Å². The molecule has 1 amide bonds. The molecule has 1 aliphatic heterocycles. The normalized spacial score (nSPS) is 17.2. The summed E-state index contributed by atoms with van der Waals surface area (Å²) in [6.07, 6.45) is 2.75. The Labute approximate surface area is 121 Å². The average Bonchev–Trinajstić information content (AvgIpc) is 2.95. The molecule has 0 aromatic heterocycles. The molecule has 2 aliphatic rings. The van der Waals surface area contributed by atoms with Crippen LogP contribution in [0, 0.1) is 10.1 Å². The number of nitro benzene ring substituents is 1. The Kier molecular flexibility index (Phi) is 3.47. The Balaban J connectivity index is 1.62. The van der Waals surface area contributed by atoms with E-state index in [0.717, 1.165) is 19.3 Å².